The number of methoxy groups -OCH3 is 1. The Morgan fingerprint density at radius 1 is 1.47 bits per heavy atom. The first-order chi connectivity index (χ1) is 7.35. The van der Waals surface area contributed by atoms with Crippen LogP contribution >= 0.6 is 0 Å². The van der Waals surface area contributed by atoms with Gasteiger partial charge in [-0.05, 0) is 24.6 Å². The molecular formula is C12H17NO2. The molecule has 1 N–H and O–H groups in total. The van der Waals surface area contributed by atoms with Gasteiger partial charge in [-0.1, -0.05) is 6.07 Å². The largest absolute Gasteiger partial charge is 0.494 e. The first-order valence-corrected chi connectivity index (χ1v) is 5.33. The van der Waals surface area contributed by atoms with Crippen molar-refractivity contribution in [3.8, 4) is 5.75 Å². The Morgan fingerprint density at radius 3 is 2.87 bits per heavy atom. The molecule has 1 aromatic carbocycles. The molecule has 1 aliphatic rings. The Balaban J connectivity index is 2.22. The molecule has 0 bridgehead atoms. The molecule has 0 aromatic heterocycles. The molecule has 0 radical (unpaired) electrons. The van der Waals surface area contributed by atoms with Crippen molar-refractivity contribution in [1.29, 1.82) is 0 Å². The molecule has 1 atom stereocenters. The molecule has 0 spiro atoms. The molecule has 3 heteroatoms. The lowest BCUT2D eigenvalue weighted by Crippen LogP contribution is -1.99. The molecule has 82 valence electrons. The molecule has 0 unspecified atom stereocenters. The molecule has 15 heavy (non-hydrogen) atoms. The maximum Gasteiger partial charge on any atom is 0.124 e. The lowest BCUT2D eigenvalue weighted by atomic mass is 10.1. The van der Waals surface area contributed by atoms with Gasteiger partial charge in [0.25, 0.3) is 0 Å². The van der Waals surface area contributed by atoms with E-state index in [4.69, 9.17) is 9.47 Å². The third-order valence-corrected chi connectivity index (χ3v) is 2.47. The molecule has 0 aliphatic carbocycles. The van der Waals surface area contributed by atoms with Gasteiger partial charge in [-0.2, -0.15) is 0 Å². The van der Waals surface area contributed by atoms with E-state index >= 15 is 0 Å². The predicted molar refractivity (Wildman–Crippen MR) is 59.1 cm³/mol. The van der Waals surface area contributed by atoms with Crippen molar-refractivity contribution in [3.05, 3.63) is 29.3 Å². The summed E-state index contributed by atoms with van der Waals surface area (Å²) in [5.74, 6) is 0.993. The van der Waals surface area contributed by atoms with E-state index in [1.54, 1.807) is 7.11 Å². The second-order valence-electron chi connectivity index (χ2n) is 3.70. The van der Waals surface area contributed by atoms with E-state index < -0.39 is 0 Å². The maximum absolute atomic E-state index is 5.59. The first-order valence-electron chi connectivity index (χ1n) is 5.33. The van der Waals surface area contributed by atoms with Crippen LogP contribution in [0, 0.1) is 0 Å². The Kier molecular flexibility index (Phi) is 3.23. The quantitative estimate of drug-likeness (QED) is 0.749. The summed E-state index contributed by atoms with van der Waals surface area (Å²) in [5, 5.41) is 3.30. The van der Waals surface area contributed by atoms with Crippen molar-refractivity contribution in [1.82, 2.24) is 5.32 Å². The van der Waals surface area contributed by atoms with Gasteiger partial charge in [0.1, 0.15) is 5.75 Å². The summed E-state index contributed by atoms with van der Waals surface area (Å²) < 4.78 is 10.7. The first kappa shape index (κ1) is 10.5. The Hall–Kier alpha value is -1.06. The van der Waals surface area contributed by atoms with E-state index in [1.807, 2.05) is 13.0 Å². The standard InChI is InChI=1S/C12H17NO2/c1-3-15-12-5-4-9(8-14-2)6-10(12)11-7-13-11/h4-6,11,13H,3,7-8H2,1-2H3/t11-/m1/s1. The molecule has 1 aliphatic heterocycles. The van der Waals surface area contributed by atoms with E-state index in [-0.39, 0.29) is 0 Å². The van der Waals surface area contributed by atoms with Crippen molar-refractivity contribution >= 4 is 0 Å². The smallest absolute Gasteiger partial charge is 0.124 e. The monoisotopic (exact) mass is 207 g/mol. The lowest BCUT2D eigenvalue weighted by Gasteiger charge is -2.10. The Morgan fingerprint density at radius 2 is 2.27 bits per heavy atom. The highest BCUT2D eigenvalue weighted by Gasteiger charge is 2.25. The van der Waals surface area contributed by atoms with Crippen LogP contribution in [0.15, 0.2) is 18.2 Å². The number of ether oxygens (including phenoxy) is 2. The topological polar surface area (TPSA) is 40.4 Å². The second-order valence-corrected chi connectivity index (χ2v) is 3.70. The molecule has 1 saturated heterocycles. The number of rotatable bonds is 5. The van der Waals surface area contributed by atoms with Gasteiger partial charge in [0, 0.05) is 25.3 Å². The minimum Gasteiger partial charge on any atom is -0.494 e. The van der Waals surface area contributed by atoms with Gasteiger partial charge in [-0.15, -0.1) is 0 Å². The summed E-state index contributed by atoms with van der Waals surface area (Å²) in [6.45, 7) is 4.43. The number of nitrogens with one attached hydrogen (secondary N) is 1. The molecule has 3 nitrogen and oxygen atoms in total. The summed E-state index contributed by atoms with van der Waals surface area (Å²) in [4.78, 5) is 0. The number of benzene rings is 1. The highest BCUT2D eigenvalue weighted by atomic mass is 16.5. The van der Waals surface area contributed by atoms with Gasteiger partial charge in [0.2, 0.25) is 0 Å². The van der Waals surface area contributed by atoms with Crippen LogP contribution in [0.4, 0.5) is 0 Å². The molecule has 2 rings (SSSR count). The van der Waals surface area contributed by atoms with Crippen molar-refractivity contribution in [3.63, 3.8) is 0 Å². The summed E-state index contributed by atoms with van der Waals surface area (Å²) in [6.07, 6.45) is 0. The van der Waals surface area contributed by atoms with Crippen LogP contribution in [-0.2, 0) is 11.3 Å². The van der Waals surface area contributed by atoms with Crippen molar-refractivity contribution < 1.29 is 9.47 Å². The summed E-state index contributed by atoms with van der Waals surface area (Å²) in [5.41, 5.74) is 2.45. The fourth-order valence-corrected chi connectivity index (χ4v) is 1.69. The van der Waals surface area contributed by atoms with Crippen molar-refractivity contribution in [2.45, 2.75) is 19.6 Å². The fourth-order valence-electron chi connectivity index (χ4n) is 1.69. The highest BCUT2D eigenvalue weighted by molar-refractivity contribution is 5.41. The van der Waals surface area contributed by atoms with E-state index in [2.05, 4.69) is 17.4 Å². The average Bonchev–Trinajstić information content (AvgIpc) is 3.04. The summed E-state index contributed by atoms with van der Waals surface area (Å²) in [6, 6.07) is 6.73. The van der Waals surface area contributed by atoms with E-state index in [0.717, 1.165) is 12.3 Å². The van der Waals surface area contributed by atoms with Crippen LogP contribution in [0.3, 0.4) is 0 Å². The van der Waals surface area contributed by atoms with E-state index in [0.29, 0.717) is 19.3 Å². The van der Waals surface area contributed by atoms with Crippen LogP contribution in [0.1, 0.15) is 24.1 Å². The zero-order valence-corrected chi connectivity index (χ0v) is 9.25. The third-order valence-electron chi connectivity index (χ3n) is 2.47. The molecule has 1 heterocycles. The Bertz CT molecular complexity index is 334. The van der Waals surface area contributed by atoms with Gasteiger partial charge in [0.15, 0.2) is 0 Å². The predicted octanol–water partition coefficient (Wildman–Crippen LogP) is 1.88. The molecule has 1 fully saturated rings. The van der Waals surface area contributed by atoms with Crippen LogP contribution < -0.4 is 10.1 Å². The minimum absolute atomic E-state index is 0.475. The SMILES string of the molecule is CCOc1ccc(COC)cc1[C@H]1CN1. The Labute approximate surface area is 90.4 Å². The van der Waals surface area contributed by atoms with E-state index in [9.17, 15) is 0 Å². The van der Waals surface area contributed by atoms with Crippen LogP contribution in [-0.4, -0.2) is 20.3 Å². The third kappa shape index (κ3) is 2.49. The van der Waals surface area contributed by atoms with Crippen LogP contribution in [0.5, 0.6) is 5.75 Å². The fraction of sp³-hybridized carbons (Fsp3) is 0.500. The highest BCUT2D eigenvalue weighted by Crippen LogP contribution is 2.31. The van der Waals surface area contributed by atoms with Gasteiger partial charge in [-0.3, -0.25) is 0 Å². The molecular weight excluding hydrogens is 190 g/mol. The molecule has 0 saturated carbocycles. The lowest BCUT2D eigenvalue weighted by molar-refractivity contribution is 0.184. The average molecular weight is 207 g/mol. The normalized spacial score (nSPS) is 18.9. The second kappa shape index (κ2) is 4.64. The van der Waals surface area contributed by atoms with Crippen molar-refractivity contribution in [2.24, 2.45) is 0 Å². The zero-order chi connectivity index (χ0) is 10.7. The minimum atomic E-state index is 0.475. The van der Waals surface area contributed by atoms with Crippen molar-refractivity contribution in [2.75, 3.05) is 20.3 Å². The van der Waals surface area contributed by atoms with E-state index in [1.165, 1.54) is 11.1 Å². The summed E-state index contributed by atoms with van der Waals surface area (Å²) in [7, 11) is 1.71. The number of hydrogen-bond acceptors (Lipinski definition) is 3. The molecule has 0 amide bonds. The molecule has 1 aromatic rings. The number of hydrogen-bond donors (Lipinski definition) is 1. The van der Waals surface area contributed by atoms with Gasteiger partial charge >= 0.3 is 0 Å². The summed E-state index contributed by atoms with van der Waals surface area (Å²) >= 11 is 0. The van der Waals surface area contributed by atoms with Gasteiger partial charge in [-0.25, -0.2) is 0 Å². The van der Waals surface area contributed by atoms with Crippen LogP contribution in [0.2, 0.25) is 0 Å². The zero-order valence-electron chi connectivity index (χ0n) is 9.25. The van der Waals surface area contributed by atoms with Crippen LogP contribution in [0.25, 0.3) is 0 Å². The maximum atomic E-state index is 5.59. The van der Waals surface area contributed by atoms with Gasteiger partial charge in [0.05, 0.1) is 13.2 Å². The van der Waals surface area contributed by atoms with Gasteiger partial charge < -0.3 is 14.8 Å².